The summed E-state index contributed by atoms with van der Waals surface area (Å²) in [5.41, 5.74) is 7.82. The number of hydrogen-bond acceptors (Lipinski definition) is 5. The fourth-order valence-corrected chi connectivity index (χ4v) is 2.97. The van der Waals surface area contributed by atoms with Crippen LogP contribution >= 0.6 is 0 Å². The van der Waals surface area contributed by atoms with E-state index in [1.54, 1.807) is 24.3 Å². The second-order valence-electron chi connectivity index (χ2n) is 6.28. The van der Waals surface area contributed by atoms with Gasteiger partial charge in [-0.05, 0) is 17.2 Å². The number of carbonyl (C=O) groups is 2. The number of para-hydroxylation sites is 1. The molecule has 0 saturated carbocycles. The predicted octanol–water partition coefficient (Wildman–Crippen LogP) is 1.09. The summed E-state index contributed by atoms with van der Waals surface area (Å²) in [6.45, 7) is 1.17. The molecule has 5 N–H and O–H groups in total. The molecular formula is C20H24N2O5. The van der Waals surface area contributed by atoms with Crippen molar-refractivity contribution in [2.24, 2.45) is 5.73 Å². The monoisotopic (exact) mass is 372 g/mol. The van der Waals surface area contributed by atoms with Gasteiger partial charge in [0.05, 0.1) is 18.8 Å². The largest absolute Gasteiger partial charge is 0.480 e. The molecule has 0 aliphatic carbocycles. The van der Waals surface area contributed by atoms with Crippen LogP contribution in [0.1, 0.15) is 24.2 Å². The Hall–Kier alpha value is -2.74. The minimum absolute atomic E-state index is 0.212. The molecule has 2 aromatic carbocycles. The van der Waals surface area contributed by atoms with Crippen molar-refractivity contribution < 1.29 is 24.9 Å². The van der Waals surface area contributed by atoms with E-state index in [1.165, 1.54) is 11.8 Å². The van der Waals surface area contributed by atoms with E-state index in [2.05, 4.69) is 0 Å². The van der Waals surface area contributed by atoms with Crippen molar-refractivity contribution >= 4 is 17.6 Å². The highest BCUT2D eigenvalue weighted by Gasteiger charge is 2.36. The van der Waals surface area contributed by atoms with Gasteiger partial charge in [-0.15, -0.1) is 0 Å². The first-order chi connectivity index (χ1) is 12.9. The van der Waals surface area contributed by atoms with Gasteiger partial charge in [-0.1, -0.05) is 48.5 Å². The molecule has 0 radical (unpaired) electrons. The molecule has 0 spiro atoms. The number of carbonyl (C=O) groups excluding carboxylic acids is 1. The Balaban J connectivity index is 0.000000199. The lowest BCUT2D eigenvalue weighted by molar-refractivity contribution is -0.139. The number of anilines is 1. The maximum atomic E-state index is 11.4. The number of carboxylic acids is 1. The van der Waals surface area contributed by atoms with Crippen LogP contribution in [0.15, 0.2) is 54.6 Å². The number of nitrogens with two attached hydrogens (primary N) is 1. The lowest BCUT2D eigenvalue weighted by Crippen LogP contribution is -2.41. The molecule has 2 aromatic rings. The molecular weight excluding hydrogens is 348 g/mol. The first-order valence-electron chi connectivity index (χ1n) is 8.56. The number of amides is 1. The number of aliphatic hydroxyl groups is 2. The zero-order valence-electron chi connectivity index (χ0n) is 15.0. The van der Waals surface area contributed by atoms with Crippen molar-refractivity contribution in [3.05, 3.63) is 65.7 Å². The molecule has 1 amide bonds. The molecule has 7 nitrogen and oxygen atoms in total. The van der Waals surface area contributed by atoms with Crippen LogP contribution in [0, 0.1) is 0 Å². The molecule has 7 heteroatoms. The van der Waals surface area contributed by atoms with Gasteiger partial charge in [-0.25, -0.2) is 4.79 Å². The van der Waals surface area contributed by atoms with E-state index < -0.39 is 24.2 Å². The van der Waals surface area contributed by atoms with Gasteiger partial charge < -0.3 is 21.1 Å². The van der Waals surface area contributed by atoms with E-state index in [4.69, 9.17) is 15.9 Å². The zero-order valence-corrected chi connectivity index (χ0v) is 15.0. The number of benzene rings is 2. The predicted molar refractivity (Wildman–Crippen MR) is 101 cm³/mol. The summed E-state index contributed by atoms with van der Waals surface area (Å²) in [6.07, 6.45) is -0.387. The van der Waals surface area contributed by atoms with Crippen molar-refractivity contribution in [1.82, 2.24) is 0 Å². The molecule has 1 aliphatic rings. The van der Waals surface area contributed by atoms with Gasteiger partial charge >= 0.3 is 5.97 Å². The van der Waals surface area contributed by atoms with Gasteiger partial charge in [0.1, 0.15) is 6.04 Å². The van der Waals surface area contributed by atoms with Crippen LogP contribution < -0.4 is 10.6 Å². The lowest BCUT2D eigenvalue weighted by Gasteiger charge is -2.20. The van der Waals surface area contributed by atoms with Gasteiger partial charge in [-0.2, -0.15) is 0 Å². The normalized spacial score (nSPS) is 17.3. The minimum atomic E-state index is -0.957. The van der Waals surface area contributed by atoms with Gasteiger partial charge in [0.2, 0.25) is 5.91 Å². The summed E-state index contributed by atoms with van der Waals surface area (Å²) in [4.78, 5) is 23.7. The molecule has 144 valence electrons. The van der Waals surface area contributed by atoms with E-state index in [1.807, 2.05) is 30.3 Å². The van der Waals surface area contributed by atoms with E-state index in [-0.39, 0.29) is 12.5 Å². The summed E-state index contributed by atoms with van der Waals surface area (Å²) >= 11 is 0. The van der Waals surface area contributed by atoms with Crippen LogP contribution in [0.5, 0.6) is 0 Å². The topological polar surface area (TPSA) is 124 Å². The number of nitrogens with zero attached hydrogens (tertiary/aromatic N) is 1. The molecule has 3 atom stereocenters. The summed E-state index contributed by atoms with van der Waals surface area (Å²) in [5, 5.41) is 27.2. The van der Waals surface area contributed by atoms with Crippen molar-refractivity contribution in [3.63, 3.8) is 0 Å². The average molecular weight is 372 g/mol. The molecule has 0 saturated heterocycles. The van der Waals surface area contributed by atoms with Crippen LogP contribution in [-0.2, 0) is 16.0 Å². The van der Waals surface area contributed by atoms with E-state index >= 15 is 0 Å². The first-order valence-corrected chi connectivity index (χ1v) is 8.56. The number of fused-ring (bicyclic) bond motifs is 1. The Morgan fingerprint density at radius 1 is 1.15 bits per heavy atom. The van der Waals surface area contributed by atoms with E-state index in [9.17, 15) is 14.7 Å². The Morgan fingerprint density at radius 2 is 1.74 bits per heavy atom. The van der Waals surface area contributed by atoms with Gasteiger partial charge in [0.15, 0.2) is 0 Å². The third-order valence-electron chi connectivity index (χ3n) is 4.36. The Kier molecular flexibility index (Phi) is 7.06. The average Bonchev–Trinajstić information content (AvgIpc) is 3.08. The summed E-state index contributed by atoms with van der Waals surface area (Å²) < 4.78 is 0. The summed E-state index contributed by atoms with van der Waals surface area (Å²) in [7, 11) is 0. The minimum Gasteiger partial charge on any atom is -0.480 e. The number of carboxylic acid groups (broad SMARTS) is 1. The standard InChI is InChI=1S/C11H11NO3.C9H13NO2/c1-7(13)12-9-5-3-2-4-8(9)6-10(12)11(14)15;10-8(6-11)9(12)7-4-2-1-3-5-7/h2-5,10H,6H2,1H3,(H,14,15);1-5,8-9,11-12H,6,10H2/t10-;8?,9-/m00/s1. The smallest absolute Gasteiger partial charge is 0.327 e. The number of aliphatic carboxylic acids is 1. The number of hydrogen-bond donors (Lipinski definition) is 4. The maximum absolute atomic E-state index is 11.4. The molecule has 1 unspecified atom stereocenters. The summed E-state index contributed by atoms with van der Waals surface area (Å²) in [6, 6.07) is 15.0. The molecule has 27 heavy (non-hydrogen) atoms. The van der Waals surface area contributed by atoms with Crippen molar-refractivity contribution in [2.75, 3.05) is 11.5 Å². The van der Waals surface area contributed by atoms with Crippen LogP contribution in [0.3, 0.4) is 0 Å². The van der Waals surface area contributed by atoms with Gasteiger partial charge in [0.25, 0.3) is 0 Å². The quantitative estimate of drug-likeness (QED) is 0.637. The van der Waals surface area contributed by atoms with Crippen molar-refractivity contribution in [2.45, 2.75) is 31.5 Å². The highest BCUT2D eigenvalue weighted by molar-refractivity contribution is 6.00. The SMILES string of the molecule is CC(=O)N1c2ccccc2C[C@H]1C(=O)O.NC(CO)[C@@H](O)c1ccccc1. The van der Waals surface area contributed by atoms with Crippen LogP contribution in [0.4, 0.5) is 5.69 Å². The molecule has 0 fully saturated rings. The third-order valence-corrected chi connectivity index (χ3v) is 4.36. The Labute approximate surface area is 157 Å². The van der Waals surface area contributed by atoms with Crippen LogP contribution in [0.2, 0.25) is 0 Å². The zero-order chi connectivity index (χ0) is 20.0. The maximum Gasteiger partial charge on any atom is 0.327 e. The number of aliphatic hydroxyl groups excluding tert-OH is 2. The van der Waals surface area contributed by atoms with Crippen molar-refractivity contribution in [3.8, 4) is 0 Å². The Bertz CT molecular complexity index is 781. The van der Waals surface area contributed by atoms with Gasteiger partial charge in [0, 0.05) is 19.0 Å². The van der Waals surface area contributed by atoms with E-state index in [0.717, 1.165) is 16.8 Å². The fourth-order valence-electron chi connectivity index (χ4n) is 2.97. The molecule has 1 aliphatic heterocycles. The second-order valence-corrected chi connectivity index (χ2v) is 6.28. The molecule has 1 heterocycles. The first kappa shape index (κ1) is 20.6. The van der Waals surface area contributed by atoms with Gasteiger partial charge in [-0.3, -0.25) is 9.69 Å². The number of rotatable bonds is 4. The van der Waals surface area contributed by atoms with Crippen LogP contribution in [0.25, 0.3) is 0 Å². The van der Waals surface area contributed by atoms with E-state index in [0.29, 0.717) is 6.42 Å². The second kappa shape index (κ2) is 9.27. The molecule has 3 rings (SSSR count). The third kappa shape index (κ3) is 4.91. The van der Waals surface area contributed by atoms with Crippen LogP contribution in [-0.4, -0.2) is 45.9 Å². The lowest BCUT2D eigenvalue weighted by atomic mass is 10.0. The molecule has 0 aromatic heterocycles. The highest BCUT2D eigenvalue weighted by atomic mass is 16.4. The summed E-state index contributed by atoms with van der Waals surface area (Å²) in [5.74, 6) is -1.19. The molecule has 0 bridgehead atoms. The fraction of sp³-hybridized carbons (Fsp3) is 0.300. The van der Waals surface area contributed by atoms with Crippen molar-refractivity contribution in [1.29, 1.82) is 0 Å². The Morgan fingerprint density at radius 3 is 2.30 bits per heavy atom. The highest BCUT2D eigenvalue weighted by Crippen LogP contribution is 2.31.